The zero-order valence-corrected chi connectivity index (χ0v) is 14.4. The van der Waals surface area contributed by atoms with Gasteiger partial charge in [-0.05, 0) is 30.3 Å². The Balaban J connectivity index is 1.90. The van der Waals surface area contributed by atoms with E-state index in [9.17, 15) is 4.79 Å². The highest BCUT2D eigenvalue weighted by molar-refractivity contribution is 9.10. The predicted octanol–water partition coefficient (Wildman–Crippen LogP) is 3.57. The van der Waals surface area contributed by atoms with Gasteiger partial charge in [0.2, 0.25) is 0 Å². The number of aromatic nitrogens is 1. The van der Waals surface area contributed by atoms with E-state index < -0.39 is 0 Å². The third-order valence-corrected chi connectivity index (χ3v) is 4.67. The van der Waals surface area contributed by atoms with E-state index in [1.54, 1.807) is 18.5 Å². The van der Waals surface area contributed by atoms with Crippen molar-refractivity contribution >= 4 is 43.3 Å². The fourth-order valence-electron chi connectivity index (χ4n) is 2.02. The molecule has 0 bridgehead atoms. The van der Waals surface area contributed by atoms with Gasteiger partial charge in [-0.25, -0.2) is 0 Å². The highest BCUT2D eigenvalue weighted by Crippen LogP contribution is 2.34. The van der Waals surface area contributed by atoms with E-state index >= 15 is 0 Å². The third kappa shape index (κ3) is 3.69. The van der Waals surface area contributed by atoms with Gasteiger partial charge in [-0.2, -0.15) is 0 Å². The Morgan fingerprint density at radius 2 is 2.09 bits per heavy atom. The molecule has 0 aliphatic heterocycles. The average molecular weight is 393 g/mol. The SMILES string of the molecule is O=C(NCCO)c1cc2c(Oc3ccc(Br)cc3)cncc2s1. The molecule has 0 aliphatic rings. The molecule has 0 saturated heterocycles. The summed E-state index contributed by atoms with van der Waals surface area (Å²) in [6.45, 7) is 0.143. The zero-order chi connectivity index (χ0) is 16.2. The number of benzene rings is 1. The Morgan fingerprint density at radius 1 is 1.30 bits per heavy atom. The summed E-state index contributed by atoms with van der Waals surface area (Å²) in [4.78, 5) is 16.7. The van der Waals surface area contributed by atoms with E-state index in [-0.39, 0.29) is 19.1 Å². The summed E-state index contributed by atoms with van der Waals surface area (Å²) in [6.07, 6.45) is 3.34. The van der Waals surface area contributed by atoms with Crippen LogP contribution in [0.5, 0.6) is 11.5 Å². The molecule has 118 valence electrons. The van der Waals surface area contributed by atoms with E-state index in [0.29, 0.717) is 16.4 Å². The fourth-order valence-corrected chi connectivity index (χ4v) is 3.24. The van der Waals surface area contributed by atoms with Crippen molar-refractivity contribution in [3.05, 3.63) is 52.1 Å². The standard InChI is InChI=1S/C16H13BrN2O3S/c17-10-1-3-11(4-2-10)22-13-8-18-9-15-12(13)7-14(23-15)16(21)19-5-6-20/h1-4,7-9,20H,5-6H2,(H,19,21). The molecule has 2 heterocycles. The molecule has 0 radical (unpaired) electrons. The van der Waals surface area contributed by atoms with Crippen molar-refractivity contribution in [3.63, 3.8) is 0 Å². The number of hydrogen-bond acceptors (Lipinski definition) is 5. The normalized spacial score (nSPS) is 10.7. The van der Waals surface area contributed by atoms with Crippen LogP contribution in [-0.4, -0.2) is 29.1 Å². The van der Waals surface area contributed by atoms with E-state index in [1.807, 2.05) is 24.3 Å². The molecule has 0 spiro atoms. The maximum atomic E-state index is 12.0. The molecular formula is C16H13BrN2O3S. The summed E-state index contributed by atoms with van der Waals surface area (Å²) in [7, 11) is 0. The minimum atomic E-state index is -0.213. The Hall–Kier alpha value is -1.96. The minimum Gasteiger partial charge on any atom is -0.455 e. The number of rotatable bonds is 5. The second-order valence-electron chi connectivity index (χ2n) is 4.70. The molecule has 3 aromatic rings. The molecule has 23 heavy (non-hydrogen) atoms. The van der Waals surface area contributed by atoms with Crippen LogP contribution in [0.1, 0.15) is 9.67 Å². The lowest BCUT2D eigenvalue weighted by atomic mass is 10.2. The predicted molar refractivity (Wildman–Crippen MR) is 93.3 cm³/mol. The number of hydrogen-bond donors (Lipinski definition) is 2. The number of pyridine rings is 1. The van der Waals surface area contributed by atoms with E-state index in [0.717, 1.165) is 14.6 Å². The molecular weight excluding hydrogens is 380 g/mol. The van der Waals surface area contributed by atoms with Gasteiger partial charge in [0.05, 0.1) is 22.4 Å². The van der Waals surface area contributed by atoms with Crippen molar-refractivity contribution < 1.29 is 14.6 Å². The lowest BCUT2D eigenvalue weighted by Crippen LogP contribution is -2.25. The van der Waals surface area contributed by atoms with Crippen LogP contribution < -0.4 is 10.1 Å². The van der Waals surface area contributed by atoms with Crippen molar-refractivity contribution in [3.8, 4) is 11.5 Å². The van der Waals surface area contributed by atoms with Crippen LogP contribution in [0.25, 0.3) is 10.1 Å². The van der Waals surface area contributed by atoms with Crippen LogP contribution >= 0.6 is 27.3 Å². The number of nitrogens with one attached hydrogen (secondary N) is 1. The van der Waals surface area contributed by atoms with Crippen molar-refractivity contribution in [2.45, 2.75) is 0 Å². The van der Waals surface area contributed by atoms with Crippen LogP contribution in [0.3, 0.4) is 0 Å². The maximum absolute atomic E-state index is 12.0. The van der Waals surface area contributed by atoms with Crippen LogP contribution in [0.15, 0.2) is 47.2 Å². The van der Waals surface area contributed by atoms with E-state index in [2.05, 4.69) is 26.2 Å². The first-order valence-corrected chi connectivity index (χ1v) is 8.48. The third-order valence-electron chi connectivity index (χ3n) is 3.07. The van der Waals surface area contributed by atoms with E-state index in [4.69, 9.17) is 9.84 Å². The molecule has 5 nitrogen and oxygen atoms in total. The van der Waals surface area contributed by atoms with Gasteiger partial charge in [0, 0.05) is 22.6 Å². The quantitative estimate of drug-likeness (QED) is 0.695. The Kier molecular flexibility index (Phi) is 4.90. The van der Waals surface area contributed by atoms with Gasteiger partial charge in [0.15, 0.2) is 5.75 Å². The monoisotopic (exact) mass is 392 g/mol. The molecule has 0 saturated carbocycles. The Bertz CT molecular complexity index is 833. The lowest BCUT2D eigenvalue weighted by Gasteiger charge is -2.06. The number of ether oxygens (including phenoxy) is 1. The van der Waals surface area contributed by atoms with Crippen molar-refractivity contribution in [2.75, 3.05) is 13.2 Å². The number of aliphatic hydroxyl groups is 1. The number of amides is 1. The molecule has 1 aromatic carbocycles. The summed E-state index contributed by atoms with van der Waals surface area (Å²) in [5.41, 5.74) is 0. The Labute approximate surface area is 145 Å². The van der Waals surface area contributed by atoms with Gasteiger partial charge < -0.3 is 15.2 Å². The molecule has 3 rings (SSSR count). The second kappa shape index (κ2) is 7.08. The highest BCUT2D eigenvalue weighted by Gasteiger charge is 2.13. The Morgan fingerprint density at radius 3 is 2.83 bits per heavy atom. The number of carbonyl (C=O) groups excluding carboxylic acids is 1. The van der Waals surface area contributed by atoms with Gasteiger partial charge in [-0.1, -0.05) is 15.9 Å². The number of nitrogens with zero attached hydrogens (tertiary/aromatic N) is 1. The molecule has 0 unspecified atom stereocenters. The summed E-state index contributed by atoms with van der Waals surface area (Å²) < 4.78 is 7.71. The molecule has 2 N–H and O–H groups in total. The first kappa shape index (κ1) is 15.9. The van der Waals surface area contributed by atoms with Crippen molar-refractivity contribution in [1.82, 2.24) is 10.3 Å². The smallest absolute Gasteiger partial charge is 0.261 e. The molecule has 2 aromatic heterocycles. The molecule has 0 atom stereocenters. The molecule has 0 fully saturated rings. The van der Waals surface area contributed by atoms with Crippen LogP contribution in [0, 0.1) is 0 Å². The topological polar surface area (TPSA) is 71.5 Å². The van der Waals surface area contributed by atoms with Gasteiger partial charge in [-0.15, -0.1) is 11.3 Å². The first-order valence-electron chi connectivity index (χ1n) is 6.87. The van der Waals surface area contributed by atoms with E-state index in [1.165, 1.54) is 11.3 Å². The van der Waals surface area contributed by atoms with Crippen LogP contribution in [0.4, 0.5) is 0 Å². The second-order valence-corrected chi connectivity index (χ2v) is 6.70. The number of halogens is 1. The van der Waals surface area contributed by atoms with Crippen LogP contribution in [0.2, 0.25) is 0 Å². The summed E-state index contributed by atoms with van der Waals surface area (Å²) in [6, 6.07) is 9.27. The lowest BCUT2D eigenvalue weighted by molar-refractivity contribution is 0.0949. The largest absolute Gasteiger partial charge is 0.455 e. The number of thiophene rings is 1. The van der Waals surface area contributed by atoms with Gasteiger partial charge in [0.25, 0.3) is 5.91 Å². The van der Waals surface area contributed by atoms with Crippen molar-refractivity contribution in [2.24, 2.45) is 0 Å². The summed E-state index contributed by atoms with van der Waals surface area (Å²) >= 11 is 4.72. The molecule has 1 amide bonds. The zero-order valence-electron chi connectivity index (χ0n) is 12.0. The average Bonchev–Trinajstić information content (AvgIpc) is 3.00. The van der Waals surface area contributed by atoms with Crippen molar-refractivity contribution in [1.29, 1.82) is 0 Å². The van der Waals surface area contributed by atoms with Gasteiger partial charge >= 0.3 is 0 Å². The first-order chi connectivity index (χ1) is 11.2. The summed E-state index contributed by atoms with van der Waals surface area (Å²) in [5, 5.41) is 12.3. The maximum Gasteiger partial charge on any atom is 0.261 e. The molecule has 7 heteroatoms. The number of carbonyl (C=O) groups is 1. The summed E-state index contributed by atoms with van der Waals surface area (Å²) in [5.74, 6) is 1.08. The van der Waals surface area contributed by atoms with Gasteiger partial charge in [0.1, 0.15) is 5.75 Å². The number of aliphatic hydroxyl groups excluding tert-OH is 1. The highest BCUT2D eigenvalue weighted by atomic mass is 79.9. The number of fused-ring (bicyclic) bond motifs is 1. The molecule has 0 aliphatic carbocycles. The minimum absolute atomic E-state index is 0.0872. The van der Waals surface area contributed by atoms with Gasteiger partial charge in [-0.3, -0.25) is 9.78 Å². The fraction of sp³-hybridized carbons (Fsp3) is 0.125. The van der Waals surface area contributed by atoms with Crippen LogP contribution in [-0.2, 0) is 0 Å².